The predicted molar refractivity (Wildman–Crippen MR) is 126 cm³/mol. The SMILES string of the molecule is NCCN(C1CCNCC1)S(=O)(=O)c1ccc(Nc2nccc(-c3ccc(F)cc3)n2)cc1. The molecule has 1 fully saturated rings. The van der Waals surface area contributed by atoms with Crippen molar-refractivity contribution in [3.63, 3.8) is 0 Å². The van der Waals surface area contributed by atoms with E-state index in [1.165, 1.54) is 16.4 Å². The van der Waals surface area contributed by atoms with Gasteiger partial charge in [-0.3, -0.25) is 0 Å². The molecule has 3 aromatic rings. The van der Waals surface area contributed by atoms with Crippen LogP contribution in [0.2, 0.25) is 0 Å². The van der Waals surface area contributed by atoms with Gasteiger partial charge in [0.15, 0.2) is 0 Å². The minimum atomic E-state index is -3.66. The Kier molecular flexibility index (Phi) is 7.29. The summed E-state index contributed by atoms with van der Waals surface area (Å²) >= 11 is 0. The molecule has 2 aromatic carbocycles. The first-order chi connectivity index (χ1) is 16.0. The Morgan fingerprint density at radius 3 is 2.42 bits per heavy atom. The van der Waals surface area contributed by atoms with E-state index in [-0.39, 0.29) is 29.8 Å². The maximum atomic E-state index is 13.3. The fraction of sp³-hybridized carbons (Fsp3) is 0.304. The van der Waals surface area contributed by atoms with E-state index in [2.05, 4.69) is 20.6 Å². The summed E-state index contributed by atoms with van der Waals surface area (Å²) in [7, 11) is -3.66. The van der Waals surface area contributed by atoms with Crippen LogP contribution < -0.4 is 16.4 Å². The van der Waals surface area contributed by atoms with Crippen molar-refractivity contribution in [2.75, 3.05) is 31.5 Å². The second kappa shape index (κ2) is 10.3. The van der Waals surface area contributed by atoms with E-state index in [1.807, 2.05) is 0 Å². The Morgan fingerprint density at radius 1 is 1.06 bits per heavy atom. The lowest BCUT2D eigenvalue weighted by Gasteiger charge is -2.33. The average molecular weight is 471 g/mol. The highest BCUT2D eigenvalue weighted by atomic mass is 32.2. The molecule has 1 aliphatic rings. The van der Waals surface area contributed by atoms with Crippen LogP contribution in [0, 0.1) is 5.82 Å². The van der Waals surface area contributed by atoms with Crippen LogP contribution in [0.1, 0.15) is 12.8 Å². The van der Waals surface area contributed by atoms with Crippen LogP contribution in [-0.2, 0) is 10.0 Å². The summed E-state index contributed by atoms with van der Waals surface area (Å²) in [4.78, 5) is 8.91. The third kappa shape index (κ3) is 5.53. The minimum Gasteiger partial charge on any atom is -0.329 e. The van der Waals surface area contributed by atoms with Crippen molar-refractivity contribution >= 4 is 21.7 Å². The molecule has 0 atom stereocenters. The van der Waals surface area contributed by atoms with Gasteiger partial charge in [-0.05, 0) is 80.5 Å². The van der Waals surface area contributed by atoms with Gasteiger partial charge in [-0.25, -0.2) is 22.8 Å². The van der Waals surface area contributed by atoms with Crippen LogP contribution in [-0.4, -0.2) is 54.9 Å². The van der Waals surface area contributed by atoms with Crippen molar-refractivity contribution in [2.45, 2.75) is 23.8 Å². The number of nitrogens with two attached hydrogens (primary N) is 1. The van der Waals surface area contributed by atoms with E-state index in [4.69, 9.17) is 5.73 Å². The number of sulfonamides is 1. The fourth-order valence-electron chi connectivity index (χ4n) is 3.90. The highest BCUT2D eigenvalue weighted by Gasteiger charge is 2.31. The summed E-state index contributed by atoms with van der Waals surface area (Å²) in [5, 5.41) is 6.35. The maximum absolute atomic E-state index is 13.3. The van der Waals surface area contributed by atoms with Crippen molar-refractivity contribution in [1.82, 2.24) is 19.6 Å². The molecule has 0 amide bonds. The smallest absolute Gasteiger partial charge is 0.243 e. The zero-order chi connectivity index (χ0) is 23.3. The van der Waals surface area contributed by atoms with Gasteiger partial charge < -0.3 is 16.4 Å². The van der Waals surface area contributed by atoms with Gasteiger partial charge in [0.1, 0.15) is 5.82 Å². The van der Waals surface area contributed by atoms with Crippen molar-refractivity contribution in [3.05, 3.63) is 66.6 Å². The standard InChI is InChI=1S/C23H27FN6O2S/c24-18-3-1-17(2-4-18)22-11-15-27-23(29-22)28-19-5-7-21(8-6-19)33(31,32)30(16-12-25)20-9-13-26-14-10-20/h1-8,11,15,20,26H,9-10,12-14,16,25H2,(H,27,28,29). The lowest BCUT2D eigenvalue weighted by molar-refractivity contribution is 0.266. The highest BCUT2D eigenvalue weighted by molar-refractivity contribution is 7.89. The summed E-state index contributed by atoms with van der Waals surface area (Å²) < 4.78 is 41.3. The van der Waals surface area contributed by atoms with Gasteiger partial charge in [0.25, 0.3) is 0 Å². The zero-order valence-corrected chi connectivity index (χ0v) is 18.9. The number of hydrogen-bond acceptors (Lipinski definition) is 7. The second-order valence-electron chi connectivity index (χ2n) is 7.81. The molecule has 0 aliphatic carbocycles. The van der Waals surface area contributed by atoms with Gasteiger partial charge in [0.2, 0.25) is 16.0 Å². The molecule has 4 N–H and O–H groups in total. The summed E-state index contributed by atoms with van der Waals surface area (Å²) in [5.74, 6) is 0.0401. The third-order valence-corrected chi connectivity index (χ3v) is 7.54. The largest absolute Gasteiger partial charge is 0.329 e. The minimum absolute atomic E-state index is 0.0554. The van der Waals surface area contributed by atoms with Crippen LogP contribution >= 0.6 is 0 Å². The Bertz CT molecular complexity index is 1170. The highest BCUT2D eigenvalue weighted by Crippen LogP contribution is 2.25. The Hall–Kier alpha value is -2.92. The van der Waals surface area contributed by atoms with Crippen LogP contribution in [0.5, 0.6) is 0 Å². The molecule has 33 heavy (non-hydrogen) atoms. The topological polar surface area (TPSA) is 113 Å². The maximum Gasteiger partial charge on any atom is 0.243 e. The van der Waals surface area contributed by atoms with E-state index in [9.17, 15) is 12.8 Å². The van der Waals surface area contributed by atoms with Gasteiger partial charge in [-0.15, -0.1) is 0 Å². The Labute approximate surface area is 193 Å². The summed E-state index contributed by atoms with van der Waals surface area (Å²) in [6, 6.07) is 14.3. The van der Waals surface area contributed by atoms with Gasteiger partial charge in [0.05, 0.1) is 10.6 Å². The second-order valence-corrected chi connectivity index (χ2v) is 9.70. The van der Waals surface area contributed by atoms with Crippen LogP contribution in [0.15, 0.2) is 65.7 Å². The number of nitrogens with zero attached hydrogens (tertiary/aromatic N) is 3. The molecule has 4 rings (SSSR count). The normalized spacial score (nSPS) is 15.0. The number of anilines is 2. The summed E-state index contributed by atoms with van der Waals surface area (Å²) in [5.41, 5.74) is 7.78. The molecule has 1 aliphatic heterocycles. The number of hydrogen-bond donors (Lipinski definition) is 3. The number of halogens is 1. The Morgan fingerprint density at radius 2 is 1.76 bits per heavy atom. The molecule has 0 radical (unpaired) electrons. The van der Waals surface area contributed by atoms with E-state index < -0.39 is 10.0 Å². The number of benzene rings is 2. The number of nitrogens with one attached hydrogen (secondary N) is 2. The molecule has 2 heterocycles. The molecule has 1 saturated heterocycles. The molecule has 10 heteroatoms. The first kappa shape index (κ1) is 23.2. The molecule has 8 nitrogen and oxygen atoms in total. The van der Waals surface area contributed by atoms with Crippen LogP contribution in [0.25, 0.3) is 11.3 Å². The van der Waals surface area contributed by atoms with Crippen LogP contribution in [0.3, 0.4) is 0 Å². The van der Waals surface area contributed by atoms with Crippen LogP contribution in [0.4, 0.5) is 16.0 Å². The Balaban J connectivity index is 1.51. The van der Waals surface area contributed by atoms with Crippen molar-refractivity contribution in [3.8, 4) is 11.3 Å². The molecule has 174 valence electrons. The quantitative estimate of drug-likeness (QED) is 0.464. The number of aromatic nitrogens is 2. The van der Waals surface area contributed by atoms with Gasteiger partial charge in [-0.2, -0.15) is 4.31 Å². The molecule has 0 bridgehead atoms. The molecular formula is C23H27FN6O2S. The number of piperidine rings is 1. The molecule has 0 unspecified atom stereocenters. The predicted octanol–water partition coefficient (Wildman–Crippen LogP) is 2.73. The van der Waals surface area contributed by atoms with Crippen molar-refractivity contribution in [2.24, 2.45) is 5.73 Å². The van der Waals surface area contributed by atoms with E-state index in [1.54, 1.807) is 48.7 Å². The summed E-state index contributed by atoms with van der Waals surface area (Å²) in [6.45, 7) is 2.14. The third-order valence-electron chi connectivity index (χ3n) is 5.58. The first-order valence-electron chi connectivity index (χ1n) is 10.9. The molecule has 0 spiro atoms. The monoisotopic (exact) mass is 470 g/mol. The number of rotatable bonds is 8. The van der Waals surface area contributed by atoms with E-state index in [0.29, 0.717) is 17.3 Å². The average Bonchev–Trinajstić information content (AvgIpc) is 2.84. The lowest BCUT2D eigenvalue weighted by atomic mass is 10.1. The van der Waals surface area contributed by atoms with Crippen molar-refractivity contribution < 1.29 is 12.8 Å². The first-order valence-corrected chi connectivity index (χ1v) is 12.3. The zero-order valence-electron chi connectivity index (χ0n) is 18.1. The molecular weight excluding hydrogens is 443 g/mol. The van der Waals surface area contributed by atoms with Crippen molar-refractivity contribution in [1.29, 1.82) is 0 Å². The van der Waals surface area contributed by atoms with E-state index >= 15 is 0 Å². The molecule has 1 aromatic heterocycles. The summed E-state index contributed by atoms with van der Waals surface area (Å²) in [6.07, 6.45) is 3.14. The van der Waals surface area contributed by atoms with Gasteiger partial charge >= 0.3 is 0 Å². The van der Waals surface area contributed by atoms with Gasteiger partial charge in [-0.1, -0.05) is 0 Å². The molecule has 0 saturated carbocycles. The van der Waals surface area contributed by atoms with Gasteiger partial charge in [0, 0.05) is 36.6 Å². The van der Waals surface area contributed by atoms with E-state index in [0.717, 1.165) is 31.5 Å². The lowest BCUT2D eigenvalue weighted by Crippen LogP contribution is -2.47. The fourth-order valence-corrected chi connectivity index (χ4v) is 5.60.